The zero-order valence-electron chi connectivity index (χ0n) is 19.6. The smallest absolute Gasteiger partial charge is 0.475 e. The summed E-state index contributed by atoms with van der Waals surface area (Å²) in [5.41, 5.74) is 1.11. The van der Waals surface area contributed by atoms with E-state index in [0.29, 0.717) is 43.2 Å². The van der Waals surface area contributed by atoms with Gasteiger partial charge in [-0.2, -0.15) is 17.5 Å². The first kappa shape index (κ1) is 27.8. The number of carboxylic acid groups (broad SMARTS) is 1. The molecule has 2 aliphatic heterocycles. The lowest BCUT2D eigenvalue weighted by Gasteiger charge is -2.37. The zero-order chi connectivity index (χ0) is 26.7. The quantitative estimate of drug-likeness (QED) is 0.558. The van der Waals surface area contributed by atoms with Crippen LogP contribution in [0.25, 0.3) is 5.65 Å². The van der Waals surface area contributed by atoms with E-state index in [4.69, 9.17) is 14.6 Å². The van der Waals surface area contributed by atoms with E-state index in [9.17, 15) is 26.4 Å². The predicted octanol–water partition coefficient (Wildman–Crippen LogP) is 0.520. The van der Waals surface area contributed by atoms with E-state index in [1.165, 1.54) is 10.6 Å². The molecule has 4 rings (SSSR count). The minimum Gasteiger partial charge on any atom is -0.475 e. The van der Waals surface area contributed by atoms with E-state index in [2.05, 4.69) is 20.4 Å². The number of ether oxygens (including phenoxy) is 1. The molecular weight excluding hydrogens is 509 g/mol. The molecule has 200 valence electrons. The first-order chi connectivity index (χ1) is 16.8. The van der Waals surface area contributed by atoms with Crippen LogP contribution in [0.15, 0.2) is 18.3 Å². The number of aliphatic carboxylic acids is 1. The molecule has 0 aliphatic carbocycles. The normalized spacial score (nSPS) is 21.7. The monoisotopic (exact) mass is 536 g/mol. The van der Waals surface area contributed by atoms with E-state index in [0.717, 1.165) is 19.4 Å². The molecule has 0 saturated carbocycles. The Morgan fingerprint density at radius 3 is 2.53 bits per heavy atom. The maximum Gasteiger partial charge on any atom is 0.490 e. The molecule has 2 aliphatic rings. The van der Waals surface area contributed by atoms with Gasteiger partial charge in [0, 0.05) is 39.0 Å². The fourth-order valence-electron chi connectivity index (χ4n) is 3.81. The topological polar surface area (TPSA) is 146 Å². The summed E-state index contributed by atoms with van der Waals surface area (Å²) in [6.07, 6.45) is -0.0993. The standard InChI is InChI=1S/C18H26N6O4S.C2HF3O2/c1-22-7-8-23(29(2,26)27)12-15(22)17-21-20-16-6-5-13(11-24(16)17)18(25)19-10-14-4-3-9-28-14;3-2(4,5)1(6)7/h5-6,11,14-15H,3-4,7-10,12H2,1-2H3,(H,19,25);(H,6,7). The lowest BCUT2D eigenvalue weighted by molar-refractivity contribution is -0.192. The number of pyridine rings is 1. The Morgan fingerprint density at radius 1 is 1.25 bits per heavy atom. The van der Waals surface area contributed by atoms with Crippen LogP contribution < -0.4 is 5.32 Å². The van der Waals surface area contributed by atoms with Crippen LogP contribution in [0.4, 0.5) is 13.2 Å². The van der Waals surface area contributed by atoms with Gasteiger partial charge in [-0.3, -0.25) is 14.1 Å². The summed E-state index contributed by atoms with van der Waals surface area (Å²) < 4.78 is 64.5. The number of alkyl halides is 3. The van der Waals surface area contributed by atoms with Gasteiger partial charge in [-0.05, 0) is 32.0 Å². The number of carbonyl (C=O) groups excluding carboxylic acids is 1. The van der Waals surface area contributed by atoms with Gasteiger partial charge >= 0.3 is 12.1 Å². The van der Waals surface area contributed by atoms with Crippen molar-refractivity contribution < 1.29 is 41.0 Å². The highest BCUT2D eigenvalue weighted by atomic mass is 32.2. The Hall–Kier alpha value is -2.82. The predicted molar refractivity (Wildman–Crippen MR) is 120 cm³/mol. The molecule has 0 bridgehead atoms. The molecule has 2 unspecified atom stereocenters. The summed E-state index contributed by atoms with van der Waals surface area (Å²) in [7, 11) is -1.36. The molecule has 2 aromatic rings. The number of carbonyl (C=O) groups is 2. The van der Waals surface area contributed by atoms with E-state index < -0.39 is 22.2 Å². The number of piperazine rings is 1. The SMILES string of the molecule is CN1CCN(S(C)(=O)=O)CC1c1nnc2ccc(C(=O)NCC3CCCO3)cn12.O=C(O)C(F)(F)F. The zero-order valence-corrected chi connectivity index (χ0v) is 20.4. The van der Waals surface area contributed by atoms with Gasteiger partial charge < -0.3 is 15.2 Å². The molecule has 0 radical (unpaired) electrons. The van der Waals surface area contributed by atoms with E-state index in [1.807, 2.05) is 7.05 Å². The average molecular weight is 537 g/mol. The molecule has 36 heavy (non-hydrogen) atoms. The third-order valence-corrected chi connectivity index (χ3v) is 7.10. The Bertz CT molecular complexity index is 1200. The maximum atomic E-state index is 12.6. The molecule has 4 heterocycles. The van der Waals surface area contributed by atoms with Crippen molar-refractivity contribution in [2.75, 3.05) is 46.1 Å². The number of hydrogen-bond acceptors (Lipinski definition) is 8. The van der Waals surface area contributed by atoms with Gasteiger partial charge in [0.05, 0.1) is 24.0 Å². The lowest BCUT2D eigenvalue weighted by atomic mass is 10.2. The van der Waals surface area contributed by atoms with Crippen molar-refractivity contribution >= 4 is 27.5 Å². The third kappa shape index (κ3) is 6.89. The van der Waals surface area contributed by atoms with E-state index >= 15 is 0 Å². The molecule has 2 atom stereocenters. The van der Waals surface area contributed by atoms with Gasteiger partial charge in [-0.15, -0.1) is 10.2 Å². The highest BCUT2D eigenvalue weighted by Crippen LogP contribution is 2.25. The number of aromatic nitrogens is 3. The number of sulfonamides is 1. The first-order valence-corrected chi connectivity index (χ1v) is 12.8. The number of carboxylic acids is 1. The number of fused-ring (bicyclic) bond motifs is 1. The van der Waals surface area contributed by atoms with Crippen molar-refractivity contribution in [3.63, 3.8) is 0 Å². The summed E-state index contributed by atoms with van der Waals surface area (Å²) in [4.78, 5) is 23.5. The van der Waals surface area contributed by atoms with Crippen LogP contribution in [-0.4, -0.2) is 108 Å². The molecule has 0 spiro atoms. The van der Waals surface area contributed by atoms with Gasteiger partial charge in [0.1, 0.15) is 0 Å². The van der Waals surface area contributed by atoms with Gasteiger partial charge in [0.15, 0.2) is 11.5 Å². The highest BCUT2D eigenvalue weighted by Gasteiger charge is 2.38. The second-order valence-electron chi connectivity index (χ2n) is 8.47. The number of nitrogens with zero attached hydrogens (tertiary/aromatic N) is 5. The van der Waals surface area contributed by atoms with Crippen molar-refractivity contribution in [1.29, 1.82) is 0 Å². The molecule has 2 aromatic heterocycles. The Kier molecular flexibility index (Phi) is 8.53. The number of hydrogen-bond donors (Lipinski definition) is 2. The third-order valence-electron chi connectivity index (χ3n) is 5.83. The highest BCUT2D eigenvalue weighted by molar-refractivity contribution is 7.88. The van der Waals surface area contributed by atoms with Gasteiger partial charge in [0.25, 0.3) is 5.91 Å². The van der Waals surface area contributed by atoms with Crippen LogP contribution in [0.5, 0.6) is 0 Å². The van der Waals surface area contributed by atoms with Crippen molar-refractivity contribution in [1.82, 2.24) is 29.1 Å². The van der Waals surface area contributed by atoms with E-state index in [1.54, 1.807) is 22.7 Å². The Balaban J connectivity index is 0.000000454. The summed E-state index contributed by atoms with van der Waals surface area (Å²) in [6, 6.07) is 3.21. The van der Waals surface area contributed by atoms with Crippen LogP contribution in [0.2, 0.25) is 0 Å². The Labute approximate surface area is 205 Å². The molecular formula is C20H27F3N6O6S. The molecule has 0 aromatic carbocycles. The number of halogens is 3. The van der Waals surface area contributed by atoms with Gasteiger partial charge in [0.2, 0.25) is 10.0 Å². The van der Waals surface area contributed by atoms with Crippen LogP contribution in [0, 0.1) is 0 Å². The summed E-state index contributed by atoms with van der Waals surface area (Å²) in [5.74, 6) is -2.33. The fourth-order valence-corrected chi connectivity index (χ4v) is 4.64. The molecule has 12 nitrogen and oxygen atoms in total. The van der Waals surface area contributed by atoms with Crippen LogP contribution in [0.1, 0.15) is 35.1 Å². The average Bonchev–Trinajstić information content (AvgIpc) is 3.46. The summed E-state index contributed by atoms with van der Waals surface area (Å²) >= 11 is 0. The van der Waals surface area contributed by atoms with Crippen LogP contribution in [-0.2, 0) is 19.6 Å². The second-order valence-corrected chi connectivity index (χ2v) is 10.5. The minimum absolute atomic E-state index is 0.0750. The summed E-state index contributed by atoms with van der Waals surface area (Å²) in [6.45, 7) is 2.57. The van der Waals surface area contributed by atoms with Crippen LogP contribution in [0.3, 0.4) is 0 Å². The van der Waals surface area contributed by atoms with Crippen molar-refractivity contribution in [2.24, 2.45) is 0 Å². The van der Waals surface area contributed by atoms with Gasteiger partial charge in [-0.25, -0.2) is 13.2 Å². The number of nitrogens with one attached hydrogen (secondary N) is 1. The largest absolute Gasteiger partial charge is 0.490 e. The number of rotatable bonds is 5. The molecule has 16 heteroatoms. The van der Waals surface area contributed by atoms with Crippen molar-refractivity contribution in [3.8, 4) is 0 Å². The Morgan fingerprint density at radius 2 is 1.94 bits per heavy atom. The lowest BCUT2D eigenvalue weighted by Crippen LogP contribution is -2.49. The first-order valence-electron chi connectivity index (χ1n) is 11.0. The fraction of sp³-hybridized carbons (Fsp3) is 0.600. The number of likely N-dealkylation sites (N-methyl/N-ethyl adjacent to an activating group) is 1. The molecule has 2 fully saturated rings. The van der Waals surface area contributed by atoms with Gasteiger partial charge in [-0.1, -0.05) is 0 Å². The van der Waals surface area contributed by atoms with Crippen molar-refractivity contribution in [2.45, 2.75) is 31.2 Å². The maximum absolute atomic E-state index is 12.6. The molecule has 2 saturated heterocycles. The minimum atomic E-state index is -5.08. The van der Waals surface area contributed by atoms with Crippen LogP contribution >= 0.6 is 0 Å². The van der Waals surface area contributed by atoms with Crippen molar-refractivity contribution in [3.05, 3.63) is 29.7 Å². The number of amides is 1. The van der Waals surface area contributed by atoms with E-state index in [-0.39, 0.29) is 18.1 Å². The molecule has 1 amide bonds. The second kappa shape index (κ2) is 11.1. The molecule has 2 N–H and O–H groups in total. The summed E-state index contributed by atoms with van der Waals surface area (Å²) in [5, 5.41) is 18.5.